The topological polar surface area (TPSA) is 86.6 Å². The molecule has 0 radical (unpaired) electrons. The van der Waals surface area contributed by atoms with Gasteiger partial charge >= 0.3 is 5.97 Å². The number of nitrogens with one attached hydrogen (secondary N) is 1. The standard InChI is InChI=1S/C17H16ClNO4/c18-13-8-6-11(7-9-13)15(20)14(17(22)23)10-19-16(21)12-4-2-1-3-5-12/h1-9,14-15,20H,10H2,(H,19,21)(H,22,23)/t14-,15-/m1/s1. The summed E-state index contributed by atoms with van der Waals surface area (Å²) in [6, 6.07) is 14.7. The Labute approximate surface area is 138 Å². The second kappa shape index (κ2) is 7.76. The van der Waals surface area contributed by atoms with Gasteiger partial charge in [0.05, 0.1) is 6.10 Å². The minimum atomic E-state index is -1.25. The normalized spacial score (nSPS) is 13.1. The van der Waals surface area contributed by atoms with Gasteiger partial charge in [0.25, 0.3) is 5.91 Å². The number of amides is 1. The fourth-order valence-corrected chi connectivity index (χ4v) is 2.25. The number of carbonyl (C=O) groups excluding carboxylic acids is 1. The summed E-state index contributed by atoms with van der Waals surface area (Å²) in [4.78, 5) is 23.4. The molecule has 120 valence electrons. The van der Waals surface area contributed by atoms with Crippen molar-refractivity contribution >= 4 is 23.5 Å². The summed E-state index contributed by atoms with van der Waals surface area (Å²) in [7, 11) is 0. The number of halogens is 1. The third-order valence-electron chi connectivity index (χ3n) is 3.43. The van der Waals surface area contributed by atoms with Crippen molar-refractivity contribution in [1.82, 2.24) is 5.32 Å². The van der Waals surface area contributed by atoms with Crippen LogP contribution < -0.4 is 5.32 Å². The van der Waals surface area contributed by atoms with Crippen LogP contribution in [-0.2, 0) is 4.79 Å². The summed E-state index contributed by atoms with van der Waals surface area (Å²) in [5, 5.41) is 22.6. The Balaban J connectivity index is 2.05. The van der Waals surface area contributed by atoms with Crippen molar-refractivity contribution in [2.45, 2.75) is 6.10 Å². The van der Waals surface area contributed by atoms with Gasteiger partial charge < -0.3 is 15.5 Å². The Kier molecular flexibility index (Phi) is 5.73. The lowest BCUT2D eigenvalue weighted by molar-refractivity contribution is -0.145. The van der Waals surface area contributed by atoms with E-state index in [4.69, 9.17) is 11.6 Å². The summed E-state index contributed by atoms with van der Waals surface area (Å²) >= 11 is 5.77. The maximum absolute atomic E-state index is 12.0. The molecule has 0 aliphatic heterocycles. The fourth-order valence-electron chi connectivity index (χ4n) is 2.12. The van der Waals surface area contributed by atoms with Gasteiger partial charge in [-0.25, -0.2) is 0 Å². The van der Waals surface area contributed by atoms with Crippen molar-refractivity contribution < 1.29 is 19.8 Å². The fraction of sp³-hybridized carbons (Fsp3) is 0.176. The predicted octanol–water partition coefficient (Wildman–Crippen LogP) is 2.50. The van der Waals surface area contributed by atoms with Crippen LogP contribution in [-0.4, -0.2) is 28.6 Å². The van der Waals surface area contributed by atoms with E-state index >= 15 is 0 Å². The molecule has 5 nitrogen and oxygen atoms in total. The molecule has 1 amide bonds. The Morgan fingerprint density at radius 1 is 1.04 bits per heavy atom. The first-order chi connectivity index (χ1) is 11.0. The smallest absolute Gasteiger partial charge is 0.311 e. The first kappa shape index (κ1) is 17.0. The van der Waals surface area contributed by atoms with E-state index in [0.29, 0.717) is 16.1 Å². The van der Waals surface area contributed by atoms with Crippen molar-refractivity contribution in [3.05, 3.63) is 70.7 Å². The van der Waals surface area contributed by atoms with Crippen molar-refractivity contribution in [2.75, 3.05) is 6.54 Å². The Morgan fingerprint density at radius 3 is 2.22 bits per heavy atom. The molecule has 2 rings (SSSR count). The van der Waals surface area contributed by atoms with Gasteiger partial charge in [-0.15, -0.1) is 0 Å². The lowest BCUT2D eigenvalue weighted by Crippen LogP contribution is -2.36. The molecular formula is C17H16ClNO4. The summed E-state index contributed by atoms with van der Waals surface area (Å²) in [6.45, 7) is -0.188. The van der Waals surface area contributed by atoms with Gasteiger partial charge in [0, 0.05) is 17.1 Å². The summed E-state index contributed by atoms with van der Waals surface area (Å²) in [5.74, 6) is -2.75. The first-order valence-electron chi connectivity index (χ1n) is 6.98. The molecular weight excluding hydrogens is 318 g/mol. The minimum Gasteiger partial charge on any atom is -0.481 e. The zero-order valence-electron chi connectivity index (χ0n) is 12.1. The number of benzene rings is 2. The molecule has 0 aliphatic carbocycles. The molecule has 0 saturated heterocycles. The Morgan fingerprint density at radius 2 is 1.65 bits per heavy atom. The van der Waals surface area contributed by atoms with E-state index in [-0.39, 0.29) is 12.5 Å². The van der Waals surface area contributed by atoms with Crippen LogP contribution in [0.2, 0.25) is 5.02 Å². The molecule has 23 heavy (non-hydrogen) atoms. The quantitative estimate of drug-likeness (QED) is 0.758. The van der Waals surface area contributed by atoms with Gasteiger partial charge in [-0.3, -0.25) is 9.59 Å². The number of rotatable bonds is 6. The van der Waals surface area contributed by atoms with Gasteiger partial charge in [-0.2, -0.15) is 0 Å². The summed E-state index contributed by atoms with van der Waals surface area (Å²) in [5.41, 5.74) is 0.855. The number of carboxylic acid groups (broad SMARTS) is 1. The lowest BCUT2D eigenvalue weighted by atomic mass is 9.95. The second-order valence-corrected chi connectivity index (χ2v) is 5.45. The molecule has 0 aromatic heterocycles. The van der Waals surface area contributed by atoms with Crippen molar-refractivity contribution in [3.63, 3.8) is 0 Å². The van der Waals surface area contributed by atoms with E-state index in [1.54, 1.807) is 54.6 Å². The van der Waals surface area contributed by atoms with Gasteiger partial charge in [-0.05, 0) is 29.8 Å². The van der Waals surface area contributed by atoms with Crippen LogP contribution in [0, 0.1) is 5.92 Å². The van der Waals surface area contributed by atoms with E-state index in [1.807, 2.05) is 0 Å². The van der Waals surface area contributed by atoms with Crippen LogP contribution in [0.15, 0.2) is 54.6 Å². The number of aliphatic carboxylic acids is 1. The molecule has 0 fully saturated rings. The number of hydrogen-bond donors (Lipinski definition) is 3. The Bertz CT molecular complexity index is 673. The van der Waals surface area contributed by atoms with Gasteiger partial charge in [0.1, 0.15) is 5.92 Å². The van der Waals surface area contributed by atoms with Crippen LogP contribution in [0.25, 0.3) is 0 Å². The predicted molar refractivity (Wildman–Crippen MR) is 86.3 cm³/mol. The average Bonchev–Trinajstić information content (AvgIpc) is 2.55. The van der Waals surface area contributed by atoms with E-state index in [2.05, 4.69) is 5.32 Å². The SMILES string of the molecule is O=C(NC[C@@H](C(=O)O)[C@H](O)c1ccc(Cl)cc1)c1ccccc1. The van der Waals surface area contributed by atoms with Crippen LogP contribution >= 0.6 is 11.6 Å². The number of carbonyl (C=O) groups is 2. The highest BCUT2D eigenvalue weighted by Gasteiger charge is 2.28. The van der Waals surface area contributed by atoms with E-state index in [9.17, 15) is 19.8 Å². The number of carboxylic acids is 1. The van der Waals surface area contributed by atoms with Crippen LogP contribution in [0.3, 0.4) is 0 Å². The van der Waals surface area contributed by atoms with Gasteiger partial charge in [0.15, 0.2) is 0 Å². The maximum atomic E-state index is 12.0. The summed E-state index contributed by atoms with van der Waals surface area (Å²) in [6.07, 6.45) is -1.25. The first-order valence-corrected chi connectivity index (χ1v) is 7.36. The Hall–Kier alpha value is -2.37. The number of hydrogen-bond acceptors (Lipinski definition) is 3. The highest BCUT2D eigenvalue weighted by Crippen LogP contribution is 2.23. The van der Waals surface area contributed by atoms with Crippen LogP contribution in [0.5, 0.6) is 0 Å². The van der Waals surface area contributed by atoms with E-state index in [0.717, 1.165) is 0 Å². The molecule has 6 heteroatoms. The zero-order chi connectivity index (χ0) is 16.8. The second-order valence-electron chi connectivity index (χ2n) is 5.02. The van der Waals surface area contributed by atoms with Crippen molar-refractivity contribution in [3.8, 4) is 0 Å². The number of aliphatic hydroxyl groups is 1. The molecule has 0 bridgehead atoms. The third kappa shape index (κ3) is 4.55. The number of aliphatic hydroxyl groups excluding tert-OH is 1. The van der Waals surface area contributed by atoms with Crippen LogP contribution in [0.4, 0.5) is 0 Å². The van der Waals surface area contributed by atoms with Crippen molar-refractivity contribution in [2.24, 2.45) is 5.92 Å². The zero-order valence-corrected chi connectivity index (χ0v) is 12.9. The monoisotopic (exact) mass is 333 g/mol. The maximum Gasteiger partial charge on any atom is 0.311 e. The van der Waals surface area contributed by atoms with Crippen LogP contribution in [0.1, 0.15) is 22.0 Å². The highest BCUT2D eigenvalue weighted by molar-refractivity contribution is 6.30. The molecule has 0 spiro atoms. The molecule has 0 saturated carbocycles. The molecule has 2 atom stereocenters. The van der Waals surface area contributed by atoms with Crippen molar-refractivity contribution in [1.29, 1.82) is 0 Å². The van der Waals surface area contributed by atoms with Gasteiger partial charge in [0.2, 0.25) is 0 Å². The largest absolute Gasteiger partial charge is 0.481 e. The molecule has 0 heterocycles. The average molecular weight is 334 g/mol. The van der Waals surface area contributed by atoms with Gasteiger partial charge in [-0.1, -0.05) is 41.9 Å². The molecule has 2 aromatic rings. The minimum absolute atomic E-state index is 0.188. The molecule has 2 aromatic carbocycles. The molecule has 3 N–H and O–H groups in total. The lowest BCUT2D eigenvalue weighted by Gasteiger charge is -2.20. The van der Waals surface area contributed by atoms with E-state index in [1.165, 1.54) is 0 Å². The third-order valence-corrected chi connectivity index (χ3v) is 3.68. The molecule has 0 aliphatic rings. The van der Waals surface area contributed by atoms with E-state index < -0.39 is 18.0 Å². The molecule has 0 unspecified atom stereocenters. The highest BCUT2D eigenvalue weighted by atomic mass is 35.5. The summed E-state index contributed by atoms with van der Waals surface area (Å²) < 4.78 is 0.